The molecule has 21 heavy (non-hydrogen) atoms. The van der Waals surface area contributed by atoms with Crippen molar-refractivity contribution in [2.24, 2.45) is 0 Å². The van der Waals surface area contributed by atoms with Crippen LogP contribution in [0.15, 0.2) is 46.9 Å². The van der Waals surface area contributed by atoms with Gasteiger partial charge in [-0.15, -0.1) is 0 Å². The molecule has 0 aromatic heterocycles. The molecule has 0 radical (unpaired) electrons. The van der Waals surface area contributed by atoms with Gasteiger partial charge in [0.25, 0.3) is 0 Å². The van der Waals surface area contributed by atoms with Gasteiger partial charge in [-0.05, 0) is 49.7 Å². The topological polar surface area (TPSA) is 21.3 Å². The largest absolute Gasteiger partial charge is 0.494 e. The average molecular weight is 346 g/mol. The van der Waals surface area contributed by atoms with Crippen molar-refractivity contribution in [3.63, 3.8) is 0 Å². The van der Waals surface area contributed by atoms with Gasteiger partial charge in [0.15, 0.2) is 0 Å². The third kappa shape index (κ3) is 2.72. The highest BCUT2D eigenvalue weighted by atomic mass is 79.9. The van der Waals surface area contributed by atoms with Gasteiger partial charge >= 0.3 is 0 Å². The molecule has 0 aliphatic heterocycles. The molecule has 2 atom stereocenters. The summed E-state index contributed by atoms with van der Waals surface area (Å²) in [5, 5.41) is 3.49. The number of benzene rings is 2. The summed E-state index contributed by atoms with van der Waals surface area (Å²) in [7, 11) is 2.03. The van der Waals surface area contributed by atoms with E-state index in [9.17, 15) is 0 Å². The van der Waals surface area contributed by atoms with Gasteiger partial charge < -0.3 is 10.1 Å². The molecule has 3 heteroatoms. The Balaban J connectivity index is 1.96. The number of likely N-dealkylation sites (N-methyl/N-ethyl adjacent to an activating group) is 1. The van der Waals surface area contributed by atoms with Crippen molar-refractivity contribution in [3.05, 3.63) is 63.6 Å². The third-order valence-corrected chi connectivity index (χ3v) is 4.71. The highest BCUT2D eigenvalue weighted by Gasteiger charge is 2.34. The molecular weight excluding hydrogens is 326 g/mol. The molecule has 0 amide bonds. The Labute approximate surface area is 134 Å². The van der Waals surface area contributed by atoms with Crippen molar-refractivity contribution in [2.45, 2.75) is 25.3 Å². The predicted molar refractivity (Wildman–Crippen MR) is 90.0 cm³/mol. The first-order valence-corrected chi connectivity index (χ1v) is 8.21. The van der Waals surface area contributed by atoms with E-state index in [1.165, 1.54) is 16.7 Å². The Morgan fingerprint density at radius 2 is 2.10 bits per heavy atom. The van der Waals surface area contributed by atoms with Crippen molar-refractivity contribution in [3.8, 4) is 5.75 Å². The Bertz CT molecular complexity index is 641. The van der Waals surface area contributed by atoms with Gasteiger partial charge in [0.05, 0.1) is 6.61 Å². The summed E-state index contributed by atoms with van der Waals surface area (Å²) in [4.78, 5) is 0. The summed E-state index contributed by atoms with van der Waals surface area (Å²) in [6, 6.07) is 15.3. The lowest BCUT2D eigenvalue weighted by molar-refractivity contribution is 0.325. The molecule has 0 bridgehead atoms. The number of ether oxygens (including phenoxy) is 1. The van der Waals surface area contributed by atoms with Crippen LogP contribution in [0, 0.1) is 0 Å². The molecule has 0 fully saturated rings. The highest BCUT2D eigenvalue weighted by Crippen LogP contribution is 2.45. The summed E-state index contributed by atoms with van der Waals surface area (Å²) in [5.74, 6) is 1.49. The predicted octanol–water partition coefficient (Wildman–Crippen LogP) is 4.45. The molecule has 1 aliphatic rings. The van der Waals surface area contributed by atoms with Gasteiger partial charge in [0, 0.05) is 22.0 Å². The minimum Gasteiger partial charge on any atom is -0.494 e. The van der Waals surface area contributed by atoms with E-state index in [0.717, 1.165) is 16.6 Å². The zero-order valence-electron chi connectivity index (χ0n) is 12.4. The molecule has 110 valence electrons. The van der Waals surface area contributed by atoms with Crippen molar-refractivity contribution < 1.29 is 4.74 Å². The van der Waals surface area contributed by atoms with Gasteiger partial charge in [0.2, 0.25) is 0 Å². The van der Waals surface area contributed by atoms with Crippen molar-refractivity contribution in [1.82, 2.24) is 5.32 Å². The second kappa shape index (κ2) is 6.20. The first-order chi connectivity index (χ1) is 10.2. The van der Waals surface area contributed by atoms with Crippen LogP contribution in [0.2, 0.25) is 0 Å². The van der Waals surface area contributed by atoms with Crippen LogP contribution in [0.1, 0.15) is 35.6 Å². The van der Waals surface area contributed by atoms with Crippen LogP contribution >= 0.6 is 15.9 Å². The minimum absolute atomic E-state index is 0.277. The molecule has 2 nitrogen and oxygen atoms in total. The first-order valence-electron chi connectivity index (χ1n) is 7.42. The fraction of sp³-hybridized carbons (Fsp3) is 0.333. The number of nitrogens with one attached hydrogen (secondary N) is 1. The number of rotatable bonds is 5. The van der Waals surface area contributed by atoms with Gasteiger partial charge in [-0.3, -0.25) is 0 Å². The van der Waals surface area contributed by atoms with E-state index in [1.807, 2.05) is 20.0 Å². The van der Waals surface area contributed by atoms with E-state index < -0.39 is 0 Å². The molecule has 2 aromatic carbocycles. The SMILES string of the molecule is CCOc1ccc(Br)cc1C(NC)C1Cc2ccccc21. The molecule has 3 rings (SSSR count). The number of halogens is 1. The van der Waals surface area contributed by atoms with Crippen molar-refractivity contribution >= 4 is 15.9 Å². The van der Waals surface area contributed by atoms with Crippen LogP contribution in [-0.2, 0) is 6.42 Å². The molecule has 1 aliphatic carbocycles. The molecule has 0 spiro atoms. The van der Waals surface area contributed by atoms with Gasteiger partial charge in [-0.2, -0.15) is 0 Å². The summed E-state index contributed by atoms with van der Waals surface area (Å²) >= 11 is 3.58. The van der Waals surface area contributed by atoms with E-state index in [1.54, 1.807) is 0 Å². The summed E-state index contributed by atoms with van der Waals surface area (Å²) in [6.45, 7) is 2.71. The van der Waals surface area contributed by atoms with Gasteiger partial charge in [0.1, 0.15) is 5.75 Å². The Morgan fingerprint density at radius 3 is 2.81 bits per heavy atom. The lowest BCUT2D eigenvalue weighted by Crippen LogP contribution is -2.31. The molecule has 2 unspecified atom stereocenters. The number of fused-ring (bicyclic) bond motifs is 1. The van der Waals surface area contributed by atoms with E-state index in [4.69, 9.17) is 4.74 Å². The van der Waals surface area contributed by atoms with Gasteiger partial charge in [-0.25, -0.2) is 0 Å². The molecule has 0 heterocycles. The second-order valence-corrected chi connectivity index (χ2v) is 6.31. The number of hydrogen-bond acceptors (Lipinski definition) is 2. The maximum atomic E-state index is 5.82. The Morgan fingerprint density at radius 1 is 1.29 bits per heavy atom. The zero-order chi connectivity index (χ0) is 14.8. The zero-order valence-corrected chi connectivity index (χ0v) is 14.0. The summed E-state index contributed by atoms with van der Waals surface area (Å²) in [6.07, 6.45) is 1.12. The lowest BCUT2D eigenvalue weighted by Gasteiger charge is -2.37. The summed E-state index contributed by atoms with van der Waals surface area (Å²) in [5.41, 5.74) is 4.16. The molecule has 1 N–H and O–H groups in total. The normalized spacial score (nSPS) is 17.8. The van der Waals surface area contributed by atoms with Crippen LogP contribution < -0.4 is 10.1 Å². The molecule has 2 aromatic rings. The van der Waals surface area contributed by atoms with E-state index in [0.29, 0.717) is 12.5 Å². The van der Waals surface area contributed by atoms with Crippen molar-refractivity contribution in [1.29, 1.82) is 0 Å². The minimum atomic E-state index is 0.277. The van der Waals surface area contributed by atoms with Crippen LogP contribution in [0.3, 0.4) is 0 Å². The maximum Gasteiger partial charge on any atom is 0.124 e. The fourth-order valence-corrected chi connectivity index (χ4v) is 3.60. The van der Waals surface area contributed by atoms with E-state index in [-0.39, 0.29) is 6.04 Å². The molecule has 0 saturated carbocycles. The standard InChI is InChI=1S/C18H20BrNO/c1-3-21-17-9-8-13(19)11-16(17)18(20-2)15-10-12-6-4-5-7-14(12)15/h4-9,11,15,18,20H,3,10H2,1-2H3. The molecular formula is C18H20BrNO. The van der Waals surface area contributed by atoms with Crippen LogP contribution in [0.4, 0.5) is 0 Å². The maximum absolute atomic E-state index is 5.82. The van der Waals surface area contributed by atoms with Crippen molar-refractivity contribution in [2.75, 3.05) is 13.7 Å². The van der Waals surface area contributed by atoms with Crippen LogP contribution in [-0.4, -0.2) is 13.7 Å². The Kier molecular flexibility index (Phi) is 4.32. The van der Waals surface area contributed by atoms with E-state index >= 15 is 0 Å². The van der Waals surface area contributed by atoms with Crippen LogP contribution in [0.5, 0.6) is 5.75 Å². The monoisotopic (exact) mass is 345 g/mol. The summed E-state index contributed by atoms with van der Waals surface area (Å²) < 4.78 is 6.91. The highest BCUT2D eigenvalue weighted by molar-refractivity contribution is 9.10. The third-order valence-electron chi connectivity index (χ3n) is 4.21. The van der Waals surface area contributed by atoms with Gasteiger partial charge in [-0.1, -0.05) is 40.2 Å². The smallest absolute Gasteiger partial charge is 0.124 e. The first kappa shape index (κ1) is 14.6. The van der Waals surface area contributed by atoms with Crippen LogP contribution in [0.25, 0.3) is 0 Å². The fourth-order valence-electron chi connectivity index (χ4n) is 3.22. The lowest BCUT2D eigenvalue weighted by atomic mass is 9.71. The average Bonchev–Trinajstić information content (AvgIpc) is 2.47. The molecule has 0 saturated heterocycles. The van der Waals surface area contributed by atoms with E-state index in [2.05, 4.69) is 57.6 Å². The Hall–Kier alpha value is -1.32. The number of hydrogen-bond donors (Lipinski definition) is 1. The quantitative estimate of drug-likeness (QED) is 0.864. The second-order valence-electron chi connectivity index (χ2n) is 5.39.